The van der Waals surface area contributed by atoms with Crippen molar-refractivity contribution in [3.8, 4) is 5.75 Å². The summed E-state index contributed by atoms with van der Waals surface area (Å²) in [5.74, 6) is -0.914. The topological polar surface area (TPSA) is 93.6 Å². The predicted molar refractivity (Wildman–Crippen MR) is 204 cm³/mol. The molecule has 10 heteroatoms. The number of hydrogen-bond acceptors (Lipinski definition) is 7. The van der Waals surface area contributed by atoms with Gasteiger partial charge in [0.1, 0.15) is 11.8 Å². The molecule has 2 unspecified atom stereocenters. The Kier molecular flexibility index (Phi) is 12.0. The molecule has 50 heavy (non-hydrogen) atoms. The van der Waals surface area contributed by atoms with Gasteiger partial charge in [0.05, 0.1) is 23.2 Å². The molecule has 2 aromatic rings. The monoisotopic (exact) mass is 702 g/mol. The number of anilines is 3. The fourth-order valence-corrected chi connectivity index (χ4v) is 10.8. The highest BCUT2D eigenvalue weighted by Gasteiger charge is 2.77. The first kappa shape index (κ1) is 37.5. The molecule has 1 N–H and O–H groups in total. The number of likely N-dealkylation sites (tertiary alicyclic amines) is 1. The van der Waals surface area contributed by atoms with Crippen LogP contribution in [-0.2, 0) is 14.4 Å². The molecule has 0 aromatic heterocycles. The molecule has 0 saturated carbocycles. The number of rotatable bonds is 18. The van der Waals surface area contributed by atoms with Gasteiger partial charge in [-0.05, 0) is 108 Å². The van der Waals surface area contributed by atoms with Crippen LogP contribution >= 0.6 is 11.8 Å². The maximum atomic E-state index is 15.1. The van der Waals surface area contributed by atoms with E-state index in [-0.39, 0.29) is 24.3 Å². The Hall–Kier alpha value is -3.76. The molecule has 3 fully saturated rings. The van der Waals surface area contributed by atoms with E-state index in [1.54, 1.807) is 38.6 Å². The summed E-state index contributed by atoms with van der Waals surface area (Å²) in [4.78, 5) is 52.2. The molecule has 3 aliphatic heterocycles. The summed E-state index contributed by atoms with van der Waals surface area (Å²) in [5, 5.41) is 9.45. The molecule has 5 atom stereocenters. The number of amides is 3. The summed E-state index contributed by atoms with van der Waals surface area (Å²) < 4.78 is 4.37. The van der Waals surface area contributed by atoms with Crippen LogP contribution in [-0.4, -0.2) is 89.2 Å². The number of hydrogen-bond donors (Lipinski definition) is 1. The minimum Gasteiger partial charge on any atom is -0.494 e. The van der Waals surface area contributed by atoms with Crippen LogP contribution in [0.4, 0.5) is 17.1 Å². The highest BCUT2D eigenvalue weighted by atomic mass is 32.2. The predicted octanol–water partition coefficient (Wildman–Crippen LogP) is 6.31. The number of aliphatic hydroxyl groups is 1. The van der Waals surface area contributed by atoms with Gasteiger partial charge in [0.25, 0.3) is 5.91 Å². The van der Waals surface area contributed by atoms with Crippen LogP contribution in [0.1, 0.15) is 59.8 Å². The number of thioether (sulfide) groups is 1. The lowest BCUT2D eigenvalue weighted by molar-refractivity contribution is -0.139. The fraction of sp³-hybridized carbons (Fsp3) is 0.525. The second-order valence-corrected chi connectivity index (χ2v) is 15.5. The third-order valence-corrected chi connectivity index (χ3v) is 12.7. The number of fused-ring (bicyclic) bond motifs is 1. The molecule has 3 amide bonds. The zero-order valence-corrected chi connectivity index (χ0v) is 31.0. The zero-order chi connectivity index (χ0) is 36.1. The lowest BCUT2D eigenvalue weighted by Crippen LogP contribution is -2.55. The van der Waals surface area contributed by atoms with Crippen LogP contribution < -0.4 is 19.4 Å². The maximum absolute atomic E-state index is 15.1. The molecule has 270 valence electrons. The van der Waals surface area contributed by atoms with Crippen molar-refractivity contribution >= 4 is 46.5 Å². The van der Waals surface area contributed by atoms with Gasteiger partial charge in [0.2, 0.25) is 11.8 Å². The molecule has 3 aliphatic rings. The average molecular weight is 703 g/mol. The highest BCUT2D eigenvalue weighted by Crippen LogP contribution is 2.71. The third-order valence-electron chi connectivity index (χ3n) is 10.7. The summed E-state index contributed by atoms with van der Waals surface area (Å²) in [6.07, 6.45) is 6.86. The van der Waals surface area contributed by atoms with E-state index in [4.69, 9.17) is 4.74 Å². The third kappa shape index (κ3) is 6.81. The average Bonchev–Trinajstić information content (AvgIpc) is 3.69. The van der Waals surface area contributed by atoms with Crippen molar-refractivity contribution in [1.29, 1.82) is 0 Å². The van der Waals surface area contributed by atoms with Crippen molar-refractivity contribution in [3.63, 3.8) is 0 Å². The molecule has 9 nitrogen and oxygen atoms in total. The van der Waals surface area contributed by atoms with Gasteiger partial charge in [-0.1, -0.05) is 12.2 Å². The first-order valence-electron chi connectivity index (χ1n) is 18.2. The normalized spacial score (nSPS) is 24.9. The lowest BCUT2D eigenvalue weighted by atomic mass is 9.66. The first-order chi connectivity index (χ1) is 24.1. The molecule has 3 heterocycles. The van der Waals surface area contributed by atoms with Gasteiger partial charge in [0, 0.05) is 61.1 Å². The summed E-state index contributed by atoms with van der Waals surface area (Å²) in [6.45, 7) is 19.5. The minimum atomic E-state index is -0.751. The van der Waals surface area contributed by atoms with E-state index in [2.05, 4.69) is 38.8 Å². The molecule has 0 aliphatic carbocycles. The number of unbranched alkanes of at least 4 members (excludes halogenated alkanes) is 2. The van der Waals surface area contributed by atoms with E-state index in [1.807, 2.05) is 55.5 Å². The molecule has 5 rings (SSSR count). The van der Waals surface area contributed by atoms with Gasteiger partial charge in [-0.2, -0.15) is 0 Å². The highest BCUT2D eigenvalue weighted by molar-refractivity contribution is 8.02. The Morgan fingerprint density at radius 3 is 2.04 bits per heavy atom. The molecule has 2 aromatic carbocycles. The smallest absolute Gasteiger partial charge is 0.251 e. The molecular formula is C40H54N4O5S. The first-order valence-corrected chi connectivity index (χ1v) is 19.0. The van der Waals surface area contributed by atoms with E-state index < -0.39 is 27.4 Å². The van der Waals surface area contributed by atoms with E-state index in [0.29, 0.717) is 51.2 Å². The van der Waals surface area contributed by atoms with Gasteiger partial charge in [-0.15, -0.1) is 24.9 Å². The van der Waals surface area contributed by atoms with Crippen molar-refractivity contribution in [2.45, 2.75) is 75.3 Å². The van der Waals surface area contributed by atoms with Gasteiger partial charge < -0.3 is 29.4 Å². The van der Waals surface area contributed by atoms with Crippen LogP contribution in [0.2, 0.25) is 0 Å². The minimum absolute atomic E-state index is 0.0783. The van der Waals surface area contributed by atoms with E-state index >= 15 is 4.79 Å². The van der Waals surface area contributed by atoms with Crippen LogP contribution in [0, 0.1) is 11.8 Å². The number of carbonyl (C=O) groups excluding carboxylic acids is 3. The van der Waals surface area contributed by atoms with E-state index in [0.717, 1.165) is 43.1 Å². The Morgan fingerprint density at radius 2 is 1.48 bits per heavy atom. The standard InChI is InChI=1S/C40H54N4O5S/c1-7-25-42(31-19-21-32(22-20-31)49-11-5)36(46)33-34-37(47)44(27-13-12-14-28-45)35(40(34)24-23-39(33,6)50-40)38(48)43(26-8-2)30-17-15-29(16-18-30)41(9-3)10-4/h7-8,15-22,33-35,45H,1-2,9-14,23-28H2,3-6H3/t33-,34-,35?,39+,40?/m0/s1. The van der Waals surface area contributed by atoms with Crippen LogP contribution in [0.25, 0.3) is 0 Å². The van der Waals surface area contributed by atoms with Gasteiger partial charge in [-0.25, -0.2) is 0 Å². The zero-order valence-electron chi connectivity index (χ0n) is 30.2. The Labute approximate surface area is 302 Å². The summed E-state index contributed by atoms with van der Waals surface area (Å²) in [6, 6.07) is 14.8. The summed E-state index contributed by atoms with van der Waals surface area (Å²) >= 11 is 1.68. The summed E-state index contributed by atoms with van der Waals surface area (Å²) in [7, 11) is 0. The second kappa shape index (κ2) is 16.1. The number of benzene rings is 2. The Bertz CT molecular complexity index is 1530. The number of aliphatic hydroxyl groups excluding tert-OH is 1. The Morgan fingerprint density at radius 1 is 0.900 bits per heavy atom. The van der Waals surface area contributed by atoms with E-state index in [9.17, 15) is 14.7 Å². The number of nitrogens with zero attached hydrogens (tertiary/aromatic N) is 4. The number of ether oxygens (including phenoxy) is 1. The van der Waals surface area contributed by atoms with Crippen LogP contribution in [0.15, 0.2) is 73.8 Å². The molecule has 1 spiro atoms. The van der Waals surface area contributed by atoms with Crippen LogP contribution in [0.3, 0.4) is 0 Å². The van der Waals surface area contributed by atoms with Crippen molar-refractivity contribution in [3.05, 3.63) is 73.8 Å². The van der Waals surface area contributed by atoms with E-state index in [1.165, 1.54) is 0 Å². The molecule has 3 saturated heterocycles. The molecular weight excluding hydrogens is 649 g/mol. The van der Waals surface area contributed by atoms with Crippen molar-refractivity contribution < 1.29 is 24.2 Å². The summed E-state index contributed by atoms with van der Waals surface area (Å²) in [5.41, 5.74) is 2.55. The van der Waals surface area contributed by atoms with Crippen molar-refractivity contribution in [2.24, 2.45) is 11.8 Å². The molecule has 0 radical (unpaired) electrons. The van der Waals surface area contributed by atoms with Crippen molar-refractivity contribution in [2.75, 3.05) is 60.6 Å². The second-order valence-electron chi connectivity index (χ2n) is 13.6. The Balaban J connectivity index is 1.54. The lowest BCUT2D eigenvalue weighted by Gasteiger charge is -2.38. The number of carbonyl (C=O) groups is 3. The quantitative estimate of drug-likeness (QED) is 0.144. The molecule has 2 bridgehead atoms. The van der Waals surface area contributed by atoms with Gasteiger partial charge in [-0.3, -0.25) is 14.4 Å². The van der Waals surface area contributed by atoms with Crippen LogP contribution in [0.5, 0.6) is 5.75 Å². The fourth-order valence-electron chi connectivity index (χ4n) is 8.43. The van der Waals surface area contributed by atoms with Gasteiger partial charge >= 0.3 is 0 Å². The maximum Gasteiger partial charge on any atom is 0.251 e. The SMILES string of the molecule is C=CCN(C(=O)C1N(CCCCCO)C(=O)[C@@H]2[C@@H](C(=O)N(CC=C)c3ccc(OCC)cc3)[C@@]3(C)CCC12S3)c1ccc(N(CC)CC)cc1. The van der Waals surface area contributed by atoms with Crippen molar-refractivity contribution in [1.82, 2.24) is 4.90 Å². The van der Waals surface area contributed by atoms with Gasteiger partial charge in [0.15, 0.2) is 0 Å². The largest absolute Gasteiger partial charge is 0.494 e.